The van der Waals surface area contributed by atoms with Crippen molar-refractivity contribution in [2.75, 3.05) is 26.7 Å². The Morgan fingerprint density at radius 3 is 2.61 bits per heavy atom. The van der Waals surface area contributed by atoms with Gasteiger partial charge in [-0.25, -0.2) is 0 Å². The second kappa shape index (κ2) is 6.32. The lowest BCUT2D eigenvalue weighted by Crippen LogP contribution is -2.31. The first-order valence-corrected chi connectivity index (χ1v) is 6.76. The number of nitrogens with two attached hydrogens (primary N) is 1. The molecule has 0 amide bonds. The van der Waals surface area contributed by atoms with Crippen molar-refractivity contribution in [3.8, 4) is 0 Å². The molecule has 1 aromatic rings. The Morgan fingerprint density at radius 1 is 1.39 bits per heavy atom. The molecule has 1 aliphatic rings. The van der Waals surface area contributed by atoms with Crippen LogP contribution in [-0.2, 0) is 11.3 Å². The predicted octanol–water partition coefficient (Wildman–Crippen LogP) is 2.17. The van der Waals surface area contributed by atoms with E-state index >= 15 is 0 Å². The normalized spacial score (nSPS) is 22.3. The number of hydrogen-bond donors (Lipinski definition) is 1. The van der Waals surface area contributed by atoms with Crippen LogP contribution in [0, 0.1) is 5.92 Å². The summed E-state index contributed by atoms with van der Waals surface area (Å²) in [5.41, 5.74) is 8.50. The molecule has 0 bridgehead atoms. The fraction of sp³-hybridized carbons (Fsp3) is 0.600. The van der Waals surface area contributed by atoms with Crippen molar-refractivity contribution >= 4 is 0 Å². The lowest BCUT2D eigenvalue weighted by atomic mass is 10.0. The standard InChI is InChI=1S/C15H24N2O/c1-12-7-8-17(10-12)15(9-16)14-5-3-13(4-6-14)11-18-2/h3-6,12,15H,7-11,16H2,1-2H3. The van der Waals surface area contributed by atoms with Gasteiger partial charge in [0.25, 0.3) is 0 Å². The second-order valence-corrected chi connectivity index (χ2v) is 5.31. The van der Waals surface area contributed by atoms with Gasteiger partial charge >= 0.3 is 0 Å². The summed E-state index contributed by atoms with van der Waals surface area (Å²) in [6.07, 6.45) is 1.29. The minimum atomic E-state index is 0.367. The summed E-state index contributed by atoms with van der Waals surface area (Å²) in [6, 6.07) is 9.03. The zero-order valence-corrected chi connectivity index (χ0v) is 11.4. The van der Waals surface area contributed by atoms with Gasteiger partial charge in [0.05, 0.1) is 6.61 Å². The summed E-state index contributed by atoms with van der Waals surface area (Å²) >= 11 is 0. The van der Waals surface area contributed by atoms with Crippen LogP contribution in [0.4, 0.5) is 0 Å². The van der Waals surface area contributed by atoms with Crippen molar-refractivity contribution in [2.45, 2.75) is 26.0 Å². The number of nitrogens with zero attached hydrogens (tertiary/aromatic N) is 1. The molecule has 0 aromatic heterocycles. The van der Waals surface area contributed by atoms with Crippen LogP contribution in [0.5, 0.6) is 0 Å². The summed E-state index contributed by atoms with van der Waals surface area (Å²) in [4.78, 5) is 2.51. The van der Waals surface area contributed by atoms with Gasteiger partial charge in [0.2, 0.25) is 0 Å². The molecule has 1 fully saturated rings. The highest BCUT2D eigenvalue weighted by Crippen LogP contribution is 2.27. The Bertz CT molecular complexity index is 363. The van der Waals surface area contributed by atoms with Crippen molar-refractivity contribution in [1.29, 1.82) is 0 Å². The average Bonchev–Trinajstić information content (AvgIpc) is 2.79. The lowest BCUT2D eigenvalue weighted by Gasteiger charge is -2.27. The molecule has 3 nitrogen and oxygen atoms in total. The Hall–Kier alpha value is -0.900. The largest absolute Gasteiger partial charge is 0.380 e. The van der Waals surface area contributed by atoms with Crippen LogP contribution in [0.1, 0.15) is 30.5 Å². The molecular formula is C15H24N2O. The topological polar surface area (TPSA) is 38.5 Å². The maximum Gasteiger partial charge on any atom is 0.0713 e. The van der Waals surface area contributed by atoms with Gasteiger partial charge in [0, 0.05) is 26.2 Å². The van der Waals surface area contributed by atoms with E-state index < -0.39 is 0 Å². The Balaban J connectivity index is 2.07. The van der Waals surface area contributed by atoms with Gasteiger partial charge in [-0.1, -0.05) is 31.2 Å². The first kappa shape index (κ1) is 13.5. The van der Waals surface area contributed by atoms with E-state index in [0.717, 1.165) is 5.92 Å². The first-order chi connectivity index (χ1) is 8.74. The van der Waals surface area contributed by atoms with Crippen LogP contribution in [0.15, 0.2) is 24.3 Å². The quantitative estimate of drug-likeness (QED) is 0.868. The van der Waals surface area contributed by atoms with Crippen LogP contribution in [0.2, 0.25) is 0 Å². The van der Waals surface area contributed by atoms with Gasteiger partial charge in [0.15, 0.2) is 0 Å². The fourth-order valence-electron chi connectivity index (χ4n) is 2.75. The monoisotopic (exact) mass is 248 g/mol. The van der Waals surface area contributed by atoms with Crippen LogP contribution in [0.25, 0.3) is 0 Å². The Labute approximate surface area is 110 Å². The number of rotatable bonds is 5. The number of likely N-dealkylation sites (tertiary alicyclic amines) is 1. The molecule has 1 heterocycles. The molecule has 1 aromatic carbocycles. The summed E-state index contributed by atoms with van der Waals surface area (Å²) in [5.74, 6) is 0.798. The van der Waals surface area contributed by atoms with Crippen molar-refractivity contribution < 1.29 is 4.74 Å². The third-order valence-corrected chi connectivity index (χ3v) is 3.79. The SMILES string of the molecule is COCc1ccc(C(CN)N2CCC(C)C2)cc1. The van der Waals surface area contributed by atoms with Gasteiger partial charge < -0.3 is 10.5 Å². The predicted molar refractivity (Wildman–Crippen MR) is 74.3 cm³/mol. The third kappa shape index (κ3) is 3.10. The molecule has 100 valence electrons. The second-order valence-electron chi connectivity index (χ2n) is 5.31. The van der Waals surface area contributed by atoms with E-state index in [2.05, 4.69) is 36.1 Å². The average molecular weight is 248 g/mol. The minimum absolute atomic E-state index is 0.367. The van der Waals surface area contributed by atoms with Crippen LogP contribution < -0.4 is 5.73 Å². The Kier molecular flexibility index (Phi) is 4.75. The lowest BCUT2D eigenvalue weighted by molar-refractivity contribution is 0.185. The molecule has 2 rings (SSSR count). The molecule has 0 aliphatic carbocycles. The van der Waals surface area contributed by atoms with E-state index in [1.54, 1.807) is 7.11 Å². The molecule has 2 N–H and O–H groups in total. The third-order valence-electron chi connectivity index (χ3n) is 3.79. The molecule has 0 radical (unpaired) electrons. The van der Waals surface area contributed by atoms with Crippen LogP contribution in [0.3, 0.4) is 0 Å². The Morgan fingerprint density at radius 2 is 2.11 bits per heavy atom. The van der Waals surface area contributed by atoms with Crippen molar-refractivity contribution in [1.82, 2.24) is 4.90 Å². The smallest absolute Gasteiger partial charge is 0.0713 e. The van der Waals surface area contributed by atoms with Crippen molar-refractivity contribution in [3.63, 3.8) is 0 Å². The van der Waals surface area contributed by atoms with Crippen molar-refractivity contribution in [3.05, 3.63) is 35.4 Å². The number of methoxy groups -OCH3 is 1. The maximum absolute atomic E-state index is 5.96. The maximum atomic E-state index is 5.96. The number of hydrogen-bond acceptors (Lipinski definition) is 3. The number of ether oxygens (including phenoxy) is 1. The number of benzene rings is 1. The minimum Gasteiger partial charge on any atom is -0.380 e. The summed E-state index contributed by atoms with van der Waals surface area (Å²) in [5, 5.41) is 0. The van der Waals surface area contributed by atoms with E-state index in [1.807, 2.05) is 0 Å². The van der Waals surface area contributed by atoms with Gasteiger partial charge in [-0.2, -0.15) is 0 Å². The van der Waals surface area contributed by atoms with Gasteiger partial charge in [-0.3, -0.25) is 4.90 Å². The van der Waals surface area contributed by atoms with Crippen LogP contribution in [-0.4, -0.2) is 31.6 Å². The molecule has 2 atom stereocenters. The molecule has 3 heteroatoms. The molecule has 0 spiro atoms. The van der Waals surface area contributed by atoms with Crippen LogP contribution >= 0.6 is 0 Å². The summed E-state index contributed by atoms with van der Waals surface area (Å²) < 4.78 is 5.13. The molecular weight excluding hydrogens is 224 g/mol. The zero-order valence-electron chi connectivity index (χ0n) is 11.4. The van der Waals surface area contributed by atoms with E-state index in [4.69, 9.17) is 10.5 Å². The molecule has 18 heavy (non-hydrogen) atoms. The molecule has 1 aliphatic heterocycles. The highest BCUT2D eigenvalue weighted by Gasteiger charge is 2.25. The van der Waals surface area contributed by atoms with E-state index in [0.29, 0.717) is 19.2 Å². The van der Waals surface area contributed by atoms with Gasteiger partial charge in [0.1, 0.15) is 0 Å². The molecule has 0 saturated carbocycles. The van der Waals surface area contributed by atoms with Gasteiger partial charge in [-0.15, -0.1) is 0 Å². The molecule has 1 saturated heterocycles. The van der Waals surface area contributed by atoms with Crippen molar-refractivity contribution in [2.24, 2.45) is 11.7 Å². The fourth-order valence-corrected chi connectivity index (χ4v) is 2.75. The van der Waals surface area contributed by atoms with E-state index in [9.17, 15) is 0 Å². The molecule has 2 unspecified atom stereocenters. The highest BCUT2D eigenvalue weighted by atomic mass is 16.5. The summed E-state index contributed by atoms with van der Waals surface area (Å²) in [6.45, 7) is 6.02. The summed E-state index contributed by atoms with van der Waals surface area (Å²) in [7, 11) is 1.72. The zero-order chi connectivity index (χ0) is 13.0. The first-order valence-electron chi connectivity index (χ1n) is 6.76. The highest BCUT2D eigenvalue weighted by molar-refractivity contribution is 5.25. The van der Waals surface area contributed by atoms with E-state index in [-0.39, 0.29) is 0 Å². The van der Waals surface area contributed by atoms with E-state index in [1.165, 1.54) is 30.6 Å². The van der Waals surface area contributed by atoms with Gasteiger partial charge in [-0.05, 0) is 30.0 Å².